The van der Waals surface area contributed by atoms with Crippen molar-refractivity contribution in [1.82, 2.24) is 13.8 Å². The third-order valence-corrected chi connectivity index (χ3v) is 8.91. The molecule has 7 nitrogen and oxygen atoms in total. The quantitative estimate of drug-likeness (QED) is 0.648. The minimum atomic E-state index is -4.64. The predicted molar refractivity (Wildman–Crippen MR) is 121 cm³/mol. The van der Waals surface area contributed by atoms with Gasteiger partial charge in [-0.3, -0.25) is 9.59 Å². The van der Waals surface area contributed by atoms with Gasteiger partial charge in [0.1, 0.15) is 6.54 Å². The Hall–Kier alpha value is -2.66. The highest BCUT2D eigenvalue weighted by Gasteiger charge is 2.34. The second kappa shape index (κ2) is 9.18. The van der Waals surface area contributed by atoms with E-state index in [1.807, 2.05) is 20.8 Å². The normalized spacial score (nSPS) is 15.6. The first-order chi connectivity index (χ1) is 15.7. The number of pyridine rings is 1. The van der Waals surface area contributed by atoms with Gasteiger partial charge in [-0.15, -0.1) is 0 Å². The van der Waals surface area contributed by atoms with E-state index in [4.69, 9.17) is 0 Å². The predicted octanol–water partition coefficient (Wildman–Crippen LogP) is 2.94. The molecule has 0 radical (unpaired) electrons. The van der Waals surface area contributed by atoms with E-state index in [0.717, 1.165) is 27.3 Å². The van der Waals surface area contributed by atoms with Gasteiger partial charge >= 0.3 is 6.18 Å². The second-order valence-corrected chi connectivity index (χ2v) is 10.5. The minimum absolute atomic E-state index is 0.0520. The van der Waals surface area contributed by atoms with E-state index < -0.39 is 39.8 Å². The molecule has 1 fully saturated rings. The van der Waals surface area contributed by atoms with Gasteiger partial charge in [-0.2, -0.15) is 17.5 Å². The fourth-order valence-corrected chi connectivity index (χ4v) is 6.21. The lowest BCUT2D eigenvalue weighted by molar-refractivity contribution is -0.139. The number of alkyl halides is 3. The maximum atomic E-state index is 13.5. The Balaban J connectivity index is 1.76. The number of rotatable bonds is 4. The summed E-state index contributed by atoms with van der Waals surface area (Å²) >= 11 is 0. The first-order valence-electron chi connectivity index (χ1n) is 10.8. The molecule has 0 spiro atoms. The van der Waals surface area contributed by atoms with Crippen LogP contribution in [0.5, 0.6) is 0 Å². The van der Waals surface area contributed by atoms with Gasteiger partial charge in [-0.1, -0.05) is 0 Å². The molecule has 1 aliphatic rings. The lowest BCUT2D eigenvalue weighted by atomic mass is 9.95. The largest absolute Gasteiger partial charge is 0.417 e. The van der Waals surface area contributed by atoms with Crippen molar-refractivity contribution in [3.8, 4) is 0 Å². The van der Waals surface area contributed by atoms with Crippen LogP contribution in [0.2, 0.25) is 0 Å². The molecule has 0 bridgehead atoms. The molecule has 34 heavy (non-hydrogen) atoms. The smallest absolute Gasteiger partial charge is 0.339 e. The molecule has 0 saturated carbocycles. The van der Waals surface area contributed by atoms with Crippen LogP contribution in [0.25, 0.3) is 0 Å². The van der Waals surface area contributed by atoms with Crippen LogP contribution >= 0.6 is 0 Å². The van der Waals surface area contributed by atoms with Gasteiger partial charge in [0.15, 0.2) is 0 Å². The Morgan fingerprint density at radius 1 is 0.882 bits per heavy atom. The Morgan fingerprint density at radius 2 is 1.38 bits per heavy atom. The highest BCUT2D eigenvalue weighted by molar-refractivity contribution is 7.89. The Bertz CT molecular complexity index is 1260. The molecule has 0 aliphatic carbocycles. The monoisotopic (exact) mass is 499 g/mol. The Morgan fingerprint density at radius 3 is 1.88 bits per heavy atom. The fraction of sp³-hybridized carbons (Fsp3) is 0.478. The summed E-state index contributed by atoms with van der Waals surface area (Å²) in [6.45, 7) is 9.02. The molecule has 11 heteroatoms. The number of sulfonamides is 1. The standard InChI is InChI=1S/C23H28F3N3O4S/c1-14-15(2)17(4)22(18(5)16(14)3)34(32,33)29-10-8-27(9-11-29)21(31)13-28-12-19(23(24,25)26)6-7-20(28)30/h6-7,12H,8-11,13H2,1-5H3. The van der Waals surface area contributed by atoms with Gasteiger partial charge in [0, 0.05) is 38.4 Å². The van der Waals surface area contributed by atoms with Crippen LogP contribution in [0, 0.1) is 34.6 Å². The van der Waals surface area contributed by atoms with Crippen LogP contribution in [-0.2, 0) is 27.5 Å². The maximum absolute atomic E-state index is 13.5. The summed E-state index contributed by atoms with van der Waals surface area (Å²) in [4.78, 5) is 26.2. The van der Waals surface area contributed by atoms with E-state index in [1.165, 1.54) is 9.21 Å². The molecule has 1 aromatic carbocycles. The molecule has 0 unspecified atom stereocenters. The van der Waals surface area contributed by atoms with Crippen molar-refractivity contribution in [3.05, 3.63) is 62.1 Å². The number of aromatic nitrogens is 1. The van der Waals surface area contributed by atoms with Crippen molar-refractivity contribution in [2.24, 2.45) is 0 Å². The lowest BCUT2D eigenvalue weighted by Crippen LogP contribution is -2.51. The van der Waals surface area contributed by atoms with Crippen LogP contribution in [0.4, 0.5) is 13.2 Å². The summed E-state index contributed by atoms with van der Waals surface area (Å²) in [6.07, 6.45) is -4.02. The molecule has 1 aliphatic heterocycles. The van der Waals surface area contributed by atoms with E-state index in [1.54, 1.807) is 13.8 Å². The molecule has 2 heterocycles. The number of carbonyl (C=O) groups excluding carboxylic acids is 1. The van der Waals surface area contributed by atoms with Gasteiger partial charge in [0.05, 0.1) is 10.5 Å². The number of nitrogens with zero attached hydrogens (tertiary/aromatic N) is 3. The molecule has 1 saturated heterocycles. The average Bonchev–Trinajstić information content (AvgIpc) is 2.77. The van der Waals surface area contributed by atoms with E-state index in [2.05, 4.69) is 0 Å². The number of hydrogen-bond acceptors (Lipinski definition) is 4. The lowest BCUT2D eigenvalue weighted by Gasteiger charge is -2.35. The third kappa shape index (κ3) is 4.76. The Labute approximate surface area is 196 Å². The molecule has 1 aromatic heterocycles. The first kappa shape index (κ1) is 26.0. The van der Waals surface area contributed by atoms with Gasteiger partial charge in [-0.05, 0) is 68.5 Å². The molecule has 1 amide bonds. The van der Waals surface area contributed by atoms with E-state index in [9.17, 15) is 31.2 Å². The SMILES string of the molecule is Cc1c(C)c(C)c(S(=O)(=O)N2CCN(C(=O)Cn3cc(C(F)(F)F)ccc3=O)CC2)c(C)c1C. The van der Waals surface area contributed by atoms with E-state index in [0.29, 0.717) is 23.4 Å². The van der Waals surface area contributed by atoms with Crippen LogP contribution in [-0.4, -0.2) is 54.3 Å². The number of amides is 1. The van der Waals surface area contributed by atoms with E-state index >= 15 is 0 Å². The highest BCUT2D eigenvalue weighted by atomic mass is 32.2. The molecule has 2 aromatic rings. The summed E-state index contributed by atoms with van der Waals surface area (Å²) in [5, 5.41) is 0. The minimum Gasteiger partial charge on any atom is -0.339 e. The number of halogens is 3. The molecular weight excluding hydrogens is 471 g/mol. The Kier molecular flexibility index (Phi) is 7.01. The third-order valence-electron chi connectivity index (χ3n) is 6.74. The van der Waals surface area contributed by atoms with Crippen LogP contribution in [0.1, 0.15) is 33.4 Å². The summed E-state index contributed by atoms with van der Waals surface area (Å²) in [6, 6.07) is 1.45. The molecular formula is C23H28F3N3O4S. The average molecular weight is 500 g/mol. The van der Waals surface area contributed by atoms with Crippen molar-refractivity contribution in [2.45, 2.75) is 52.2 Å². The van der Waals surface area contributed by atoms with Crippen molar-refractivity contribution in [2.75, 3.05) is 26.2 Å². The number of carbonyl (C=O) groups is 1. The van der Waals surface area contributed by atoms with Crippen molar-refractivity contribution in [1.29, 1.82) is 0 Å². The van der Waals surface area contributed by atoms with Gasteiger partial charge in [0.2, 0.25) is 15.9 Å². The zero-order valence-electron chi connectivity index (χ0n) is 19.8. The van der Waals surface area contributed by atoms with Crippen LogP contribution in [0.3, 0.4) is 0 Å². The number of piperazine rings is 1. The van der Waals surface area contributed by atoms with Crippen LogP contribution in [0.15, 0.2) is 28.0 Å². The summed E-state index contributed by atoms with van der Waals surface area (Å²) < 4.78 is 67.8. The summed E-state index contributed by atoms with van der Waals surface area (Å²) in [5.41, 5.74) is 2.54. The van der Waals surface area contributed by atoms with Gasteiger partial charge < -0.3 is 9.47 Å². The number of hydrogen-bond donors (Lipinski definition) is 0. The van der Waals surface area contributed by atoms with Gasteiger partial charge in [0.25, 0.3) is 5.56 Å². The maximum Gasteiger partial charge on any atom is 0.417 e. The van der Waals surface area contributed by atoms with Gasteiger partial charge in [-0.25, -0.2) is 8.42 Å². The van der Waals surface area contributed by atoms with Crippen molar-refractivity contribution in [3.63, 3.8) is 0 Å². The summed E-state index contributed by atoms with van der Waals surface area (Å²) in [5.74, 6) is -0.548. The number of benzene rings is 1. The molecule has 186 valence electrons. The summed E-state index contributed by atoms with van der Waals surface area (Å²) in [7, 11) is -3.81. The van der Waals surface area contributed by atoms with Crippen molar-refractivity contribution >= 4 is 15.9 Å². The zero-order chi connectivity index (χ0) is 25.6. The second-order valence-electron chi connectivity index (χ2n) is 8.62. The molecule has 0 N–H and O–H groups in total. The van der Waals surface area contributed by atoms with E-state index in [-0.39, 0.29) is 31.1 Å². The topological polar surface area (TPSA) is 79.7 Å². The first-order valence-corrected chi connectivity index (χ1v) is 12.2. The van der Waals surface area contributed by atoms with Crippen LogP contribution < -0.4 is 5.56 Å². The molecule has 0 atom stereocenters. The van der Waals surface area contributed by atoms with Crippen molar-refractivity contribution < 1.29 is 26.4 Å². The molecule has 3 rings (SSSR count). The fourth-order valence-electron chi connectivity index (χ4n) is 4.23. The zero-order valence-corrected chi connectivity index (χ0v) is 20.6. The highest BCUT2D eigenvalue weighted by Crippen LogP contribution is 2.32.